The predicted octanol–water partition coefficient (Wildman–Crippen LogP) is 6.73. The highest BCUT2D eigenvalue weighted by Crippen LogP contribution is 2.45. The summed E-state index contributed by atoms with van der Waals surface area (Å²) in [5.41, 5.74) is 0. The van der Waals surface area contributed by atoms with Gasteiger partial charge >= 0.3 is 0 Å². The molecular formula is C18H34BClSi. The number of rotatable bonds is 5. The second-order valence-corrected chi connectivity index (χ2v) is 13.8. The van der Waals surface area contributed by atoms with Gasteiger partial charge in [0.1, 0.15) is 0 Å². The Morgan fingerprint density at radius 2 is 1.33 bits per heavy atom. The van der Waals surface area contributed by atoms with Crippen LogP contribution in [-0.2, 0) is 0 Å². The van der Waals surface area contributed by atoms with Gasteiger partial charge in [-0.05, 0) is 0 Å². The quantitative estimate of drug-likeness (QED) is 0.388. The van der Waals surface area contributed by atoms with Crippen molar-refractivity contribution in [2.45, 2.75) is 95.5 Å². The maximum atomic E-state index is 6.17. The Balaban J connectivity index is 2.25. The lowest BCUT2D eigenvalue weighted by atomic mass is 9.30. The number of hydrogen-bond acceptors (Lipinski definition) is 0. The van der Waals surface area contributed by atoms with Crippen molar-refractivity contribution >= 4 is 26.4 Å². The van der Waals surface area contributed by atoms with Gasteiger partial charge in [0.25, 0.3) is 0 Å². The zero-order valence-corrected chi connectivity index (χ0v) is 16.2. The lowest BCUT2D eigenvalue weighted by Crippen LogP contribution is -2.42. The van der Waals surface area contributed by atoms with Crippen molar-refractivity contribution in [1.29, 1.82) is 0 Å². The van der Waals surface area contributed by atoms with Crippen LogP contribution in [0, 0.1) is 0 Å². The fourth-order valence-corrected chi connectivity index (χ4v) is 7.39. The van der Waals surface area contributed by atoms with Crippen LogP contribution in [0.15, 0.2) is 11.2 Å². The molecule has 2 rings (SSSR count). The fourth-order valence-electron chi connectivity index (χ4n) is 4.90. The van der Waals surface area contributed by atoms with E-state index in [1.807, 2.05) is 5.10 Å². The van der Waals surface area contributed by atoms with Crippen LogP contribution in [0.5, 0.6) is 0 Å². The van der Waals surface area contributed by atoms with Crippen LogP contribution in [0.25, 0.3) is 0 Å². The summed E-state index contributed by atoms with van der Waals surface area (Å²) < 4.78 is 0. The molecule has 0 aromatic rings. The van der Waals surface area contributed by atoms with E-state index in [-0.39, 0.29) is 0 Å². The van der Waals surface area contributed by atoms with E-state index in [0.717, 1.165) is 24.2 Å². The minimum absolute atomic E-state index is 0.718. The molecule has 2 aliphatic rings. The Bertz CT molecular complexity index is 318. The molecule has 0 radical (unpaired) electrons. The number of halogens is 1. The Kier molecular flexibility index (Phi) is 6.93. The maximum absolute atomic E-state index is 6.17. The van der Waals surface area contributed by atoms with Crippen molar-refractivity contribution in [1.82, 2.24) is 0 Å². The van der Waals surface area contributed by atoms with Gasteiger partial charge in [0.15, 0.2) is 6.71 Å². The summed E-state index contributed by atoms with van der Waals surface area (Å²) in [4.78, 5) is 0. The van der Waals surface area contributed by atoms with E-state index in [1.54, 1.807) is 0 Å². The molecule has 3 heteroatoms. The zero-order valence-electron chi connectivity index (χ0n) is 14.5. The largest absolute Gasteiger partial charge is 0.171 e. The van der Waals surface area contributed by atoms with Crippen LogP contribution in [-0.4, -0.2) is 20.7 Å². The molecule has 0 N–H and O–H groups in total. The second-order valence-electron chi connectivity index (χ2n) is 8.39. The number of hydrogen-bond donors (Lipinski definition) is 0. The number of allylic oxidation sites excluding steroid dienone is 1. The van der Waals surface area contributed by atoms with Crippen molar-refractivity contribution < 1.29 is 0 Å². The normalized spacial score (nSPS) is 23.3. The van der Waals surface area contributed by atoms with Crippen molar-refractivity contribution in [3.63, 3.8) is 0 Å². The third-order valence-electron chi connectivity index (χ3n) is 5.84. The first kappa shape index (κ1) is 17.7. The lowest BCUT2D eigenvalue weighted by molar-refractivity contribution is 0.464. The second kappa shape index (κ2) is 8.24. The molecule has 0 spiro atoms. The van der Waals surface area contributed by atoms with Crippen molar-refractivity contribution in [2.75, 3.05) is 5.88 Å². The Labute approximate surface area is 139 Å². The summed E-state index contributed by atoms with van der Waals surface area (Å²) in [6.07, 6.45) is 17.1. The van der Waals surface area contributed by atoms with E-state index < -0.39 is 8.07 Å². The van der Waals surface area contributed by atoms with Crippen LogP contribution in [0.2, 0.25) is 31.3 Å². The van der Waals surface area contributed by atoms with Gasteiger partial charge < -0.3 is 0 Å². The molecule has 0 nitrogen and oxygen atoms in total. The molecule has 0 saturated heterocycles. The standard InChI is InChI=1S/C18H34BClSi/c1-21(2,3)18(14-15-20)19(16-10-6-4-7-11-16)17-12-8-5-9-13-17/h14,16-17H,4-13,15H2,1-3H3/b18-14-. The molecule has 0 heterocycles. The highest BCUT2D eigenvalue weighted by Gasteiger charge is 2.40. The summed E-state index contributed by atoms with van der Waals surface area (Å²) in [6.45, 7) is 8.47. The fraction of sp³-hybridized carbons (Fsp3) is 0.889. The Morgan fingerprint density at radius 1 is 0.905 bits per heavy atom. The van der Waals surface area contributed by atoms with Crippen molar-refractivity contribution in [3.05, 3.63) is 11.2 Å². The van der Waals surface area contributed by atoms with Gasteiger partial charge in [-0.1, -0.05) is 102 Å². The Hall–Kier alpha value is 0.312. The summed E-state index contributed by atoms with van der Waals surface area (Å²) >= 11 is 6.17. The van der Waals surface area contributed by atoms with Crippen molar-refractivity contribution in [2.24, 2.45) is 0 Å². The first-order valence-corrected chi connectivity index (χ1v) is 13.3. The summed E-state index contributed by atoms with van der Waals surface area (Å²) in [5.74, 6) is 2.64. The molecule has 0 aromatic carbocycles. The summed E-state index contributed by atoms with van der Waals surface area (Å²) in [7, 11) is -1.26. The van der Waals surface area contributed by atoms with Gasteiger partial charge in [0.2, 0.25) is 0 Å². The van der Waals surface area contributed by atoms with Gasteiger partial charge in [0, 0.05) is 5.88 Å². The average Bonchev–Trinajstić information content (AvgIpc) is 2.48. The van der Waals surface area contributed by atoms with Crippen LogP contribution < -0.4 is 0 Å². The van der Waals surface area contributed by atoms with Gasteiger partial charge in [-0.3, -0.25) is 0 Å². The van der Waals surface area contributed by atoms with E-state index in [9.17, 15) is 0 Å². The van der Waals surface area contributed by atoms with Gasteiger partial charge in [-0.25, -0.2) is 0 Å². The first-order chi connectivity index (χ1) is 10.0. The van der Waals surface area contributed by atoms with Crippen LogP contribution >= 0.6 is 11.6 Å². The topological polar surface area (TPSA) is 0 Å². The number of alkyl halides is 1. The Morgan fingerprint density at radius 3 is 1.67 bits per heavy atom. The van der Waals surface area contributed by atoms with Crippen LogP contribution in [0.3, 0.4) is 0 Å². The molecule has 2 saturated carbocycles. The SMILES string of the molecule is C[Si](C)(C)/C(=C\CCl)B(C1CCCCC1)C1CCCCC1. The summed E-state index contributed by atoms with van der Waals surface area (Å²) in [5, 5.41) is 1.82. The van der Waals surface area contributed by atoms with E-state index in [1.165, 1.54) is 64.2 Å². The van der Waals surface area contributed by atoms with Crippen LogP contribution in [0.4, 0.5) is 0 Å². The van der Waals surface area contributed by atoms with E-state index in [4.69, 9.17) is 11.6 Å². The van der Waals surface area contributed by atoms with Gasteiger partial charge in [0.05, 0.1) is 8.07 Å². The average molecular weight is 325 g/mol. The minimum Gasteiger partial charge on any atom is -0.122 e. The predicted molar refractivity (Wildman–Crippen MR) is 102 cm³/mol. The molecule has 0 aliphatic heterocycles. The zero-order chi connectivity index (χ0) is 15.3. The lowest BCUT2D eigenvalue weighted by Gasteiger charge is -2.40. The van der Waals surface area contributed by atoms with E-state index in [0.29, 0.717) is 0 Å². The van der Waals surface area contributed by atoms with E-state index in [2.05, 4.69) is 25.7 Å². The maximum Gasteiger partial charge on any atom is 0.171 e. The molecule has 0 amide bonds. The van der Waals surface area contributed by atoms with E-state index >= 15 is 0 Å². The molecule has 120 valence electrons. The third-order valence-corrected chi connectivity index (χ3v) is 8.26. The highest BCUT2D eigenvalue weighted by atomic mass is 35.5. The third kappa shape index (κ3) is 4.89. The molecule has 21 heavy (non-hydrogen) atoms. The summed E-state index contributed by atoms with van der Waals surface area (Å²) in [6, 6.07) is 0. The van der Waals surface area contributed by atoms with Gasteiger partial charge in [-0.15, -0.1) is 16.7 Å². The molecule has 0 unspecified atom stereocenters. The van der Waals surface area contributed by atoms with Gasteiger partial charge in [-0.2, -0.15) is 0 Å². The smallest absolute Gasteiger partial charge is 0.122 e. The molecule has 0 aromatic heterocycles. The monoisotopic (exact) mass is 324 g/mol. The minimum atomic E-state index is -1.26. The highest BCUT2D eigenvalue weighted by molar-refractivity contribution is 6.99. The molecule has 2 fully saturated rings. The molecule has 2 aliphatic carbocycles. The van der Waals surface area contributed by atoms with Crippen LogP contribution in [0.1, 0.15) is 64.2 Å². The molecule has 0 bridgehead atoms. The van der Waals surface area contributed by atoms with Crippen molar-refractivity contribution in [3.8, 4) is 0 Å². The first-order valence-electron chi connectivity index (χ1n) is 9.30. The molecular weight excluding hydrogens is 291 g/mol. The molecule has 0 atom stereocenters.